The highest BCUT2D eigenvalue weighted by Crippen LogP contribution is 2.24. The largest absolute Gasteiger partial charge is 0.492 e. The van der Waals surface area contributed by atoms with E-state index in [0.717, 1.165) is 0 Å². The first-order chi connectivity index (χ1) is 6.70. The van der Waals surface area contributed by atoms with Gasteiger partial charge in [-0.25, -0.2) is 4.79 Å². The van der Waals surface area contributed by atoms with E-state index in [2.05, 4.69) is 4.74 Å². The summed E-state index contributed by atoms with van der Waals surface area (Å²) in [5.74, 6) is -0.455. The number of aliphatic hydroxyl groups is 1. The van der Waals surface area contributed by atoms with Crippen molar-refractivity contribution in [1.29, 1.82) is 0 Å². The summed E-state index contributed by atoms with van der Waals surface area (Å²) in [4.78, 5) is 10.9. The molecule has 0 atom stereocenters. The molecule has 15 heavy (non-hydrogen) atoms. The Kier molecular flexibility index (Phi) is 4.81. The Morgan fingerprint density at radius 3 is 2.27 bits per heavy atom. The second-order valence-corrected chi connectivity index (χ2v) is 4.24. The number of ether oxygens (including phenoxy) is 2. The smallest absolute Gasteiger partial charge is 0.333 e. The van der Waals surface area contributed by atoms with E-state index < -0.39 is 17.2 Å². The van der Waals surface area contributed by atoms with E-state index in [-0.39, 0.29) is 0 Å². The molecule has 0 fully saturated rings. The lowest BCUT2D eigenvalue weighted by Gasteiger charge is -2.36. The number of carbonyl (C=O) groups excluding carboxylic acids is 1. The highest BCUT2D eigenvalue weighted by atomic mass is 16.5. The van der Waals surface area contributed by atoms with E-state index in [1.54, 1.807) is 34.6 Å². The minimum Gasteiger partial charge on any atom is -0.492 e. The lowest BCUT2D eigenvalue weighted by molar-refractivity contribution is -0.138. The van der Waals surface area contributed by atoms with E-state index in [0.29, 0.717) is 6.61 Å². The van der Waals surface area contributed by atoms with Gasteiger partial charge in [0.1, 0.15) is 5.60 Å². The van der Waals surface area contributed by atoms with Crippen LogP contribution in [0.25, 0.3) is 0 Å². The number of esters is 1. The summed E-state index contributed by atoms with van der Waals surface area (Å²) < 4.78 is 9.95. The first-order valence-corrected chi connectivity index (χ1v) is 4.94. The molecule has 0 unspecified atom stereocenters. The molecule has 0 rings (SSSR count). The highest BCUT2D eigenvalue weighted by molar-refractivity contribution is 5.81. The van der Waals surface area contributed by atoms with Crippen molar-refractivity contribution in [3.63, 3.8) is 0 Å². The molecule has 0 aromatic rings. The molecule has 0 radical (unpaired) electrons. The van der Waals surface area contributed by atoms with Gasteiger partial charge in [-0.3, -0.25) is 0 Å². The van der Waals surface area contributed by atoms with Crippen LogP contribution in [-0.4, -0.2) is 28.9 Å². The molecule has 0 spiro atoms. The number of hydrogen-bond acceptors (Lipinski definition) is 4. The average Bonchev–Trinajstić information content (AvgIpc) is 2.01. The first kappa shape index (κ1) is 14.0. The molecule has 0 heterocycles. The summed E-state index contributed by atoms with van der Waals surface area (Å²) in [6.07, 6.45) is 2.44. The fraction of sp³-hybridized carbons (Fsp3) is 0.727. The Hall–Kier alpha value is -1.03. The van der Waals surface area contributed by atoms with Crippen LogP contribution in [0.2, 0.25) is 0 Å². The molecule has 0 aromatic carbocycles. The molecule has 0 aliphatic carbocycles. The van der Waals surface area contributed by atoms with Gasteiger partial charge in [-0.15, -0.1) is 0 Å². The number of rotatable bonds is 5. The van der Waals surface area contributed by atoms with Gasteiger partial charge < -0.3 is 14.6 Å². The summed E-state index contributed by atoms with van der Waals surface area (Å²) in [6, 6.07) is 0. The fourth-order valence-electron chi connectivity index (χ4n) is 0.594. The molecule has 0 bridgehead atoms. The van der Waals surface area contributed by atoms with Crippen LogP contribution in [0.5, 0.6) is 0 Å². The van der Waals surface area contributed by atoms with Crippen molar-refractivity contribution in [2.75, 3.05) is 6.61 Å². The van der Waals surface area contributed by atoms with Crippen molar-refractivity contribution in [3.05, 3.63) is 12.3 Å². The van der Waals surface area contributed by atoms with Gasteiger partial charge in [0.25, 0.3) is 0 Å². The summed E-state index contributed by atoms with van der Waals surface area (Å²) in [5, 5.41) is 9.74. The van der Waals surface area contributed by atoms with Gasteiger partial charge in [0.2, 0.25) is 0 Å². The quantitative estimate of drug-likeness (QED) is 0.431. The molecule has 4 nitrogen and oxygen atoms in total. The topological polar surface area (TPSA) is 55.8 Å². The van der Waals surface area contributed by atoms with Crippen molar-refractivity contribution >= 4 is 5.97 Å². The molecule has 4 heteroatoms. The van der Waals surface area contributed by atoms with Crippen molar-refractivity contribution in [2.24, 2.45) is 0 Å². The van der Waals surface area contributed by atoms with Crippen molar-refractivity contribution in [1.82, 2.24) is 0 Å². The Labute approximate surface area is 90.9 Å². The second-order valence-electron chi connectivity index (χ2n) is 4.24. The Morgan fingerprint density at radius 1 is 1.33 bits per heavy atom. The predicted octanol–water partition coefficient (Wildman–Crippen LogP) is 1.63. The standard InChI is InChI=1S/C11H20O4/c1-6-14-9(12)7-8-15-11(4,5)10(2,3)13/h7-8,13H,6H2,1-5H3. The van der Waals surface area contributed by atoms with Crippen LogP contribution in [0.1, 0.15) is 34.6 Å². The molecular weight excluding hydrogens is 196 g/mol. The van der Waals surface area contributed by atoms with Crippen LogP contribution in [0.3, 0.4) is 0 Å². The Morgan fingerprint density at radius 2 is 1.87 bits per heavy atom. The number of carbonyl (C=O) groups is 1. The molecule has 0 amide bonds. The average molecular weight is 216 g/mol. The van der Waals surface area contributed by atoms with Gasteiger partial charge in [-0.05, 0) is 34.6 Å². The first-order valence-electron chi connectivity index (χ1n) is 4.94. The molecule has 0 aromatic heterocycles. The molecule has 0 aliphatic rings. The fourth-order valence-corrected chi connectivity index (χ4v) is 0.594. The minimum atomic E-state index is -0.994. The zero-order valence-electron chi connectivity index (χ0n) is 10.0. The highest BCUT2D eigenvalue weighted by Gasteiger charge is 2.36. The molecule has 0 aliphatic heterocycles. The number of hydrogen-bond donors (Lipinski definition) is 1. The molecule has 1 N–H and O–H groups in total. The maximum absolute atomic E-state index is 10.9. The van der Waals surface area contributed by atoms with Crippen LogP contribution in [0, 0.1) is 0 Å². The third-order valence-corrected chi connectivity index (χ3v) is 2.33. The van der Waals surface area contributed by atoms with Gasteiger partial charge in [0, 0.05) is 0 Å². The Bertz CT molecular complexity index is 235. The summed E-state index contributed by atoms with van der Waals surface area (Å²) in [7, 11) is 0. The molecule has 0 saturated carbocycles. The maximum Gasteiger partial charge on any atom is 0.333 e. The predicted molar refractivity (Wildman–Crippen MR) is 57.2 cm³/mol. The second kappa shape index (κ2) is 5.16. The lowest BCUT2D eigenvalue weighted by Crippen LogP contribution is -2.46. The molecular formula is C11H20O4. The SMILES string of the molecule is CCOC(=O)C=COC(C)(C)C(C)(C)O. The van der Waals surface area contributed by atoms with E-state index in [4.69, 9.17) is 4.74 Å². The third-order valence-electron chi connectivity index (χ3n) is 2.33. The summed E-state index contributed by atoms with van der Waals surface area (Å²) in [5.41, 5.74) is -1.76. The van der Waals surface area contributed by atoms with Crippen LogP contribution in [0.4, 0.5) is 0 Å². The van der Waals surface area contributed by atoms with E-state index >= 15 is 0 Å². The van der Waals surface area contributed by atoms with Crippen molar-refractivity contribution < 1.29 is 19.4 Å². The van der Waals surface area contributed by atoms with Crippen LogP contribution < -0.4 is 0 Å². The van der Waals surface area contributed by atoms with Crippen LogP contribution >= 0.6 is 0 Å². The molecule has 88 valence electrons. The van der Waals surface area contributed by atoms with Crippen molar-refractivity contribution in [3.8, 4) is 0 Å². The summed E-state index contributed by atoms with van der Waals surface area (Å²) >= 11 is 0. The third kappa shape index (κ3) is 4.83. The Balaban J connectivity index is 4.21. The van der Waals surface area contributed by atoms with Crippen molar-refractivity contribution in [2.45, 2.75) is 45.8 Å². The van der Waals surface area contributed by atoms with Gasteiger partial charge in [-0.1, -0.05) is 0 Å². The van der Waals surface area contributed by atoms with Crippen LogP contribution in [0.15, 0.2) is 12.3 Å². The van der Waals surface area contributed by atoms with E-state index in [9.17, 15) is 9.90 Å². The minimum absolute atomic E-state index is 0.331. The van der Waals surface area contributed by atoms with E-state index in [1.165, 1.54) is 12.3 Å². The molecule has 0 saturated heterocycles. The maximum atomic E-state index is 10.9. The zero-order valence-corrected chi connectivity index (χ0v) is 10.0. The van der Waals surface area contributed by atoms with E-state index in [1.807, 2.05) is 0 Å². The van der Waals surface area contributed by atoms with Gasteiger partial charge in [-0.2, -0.15) is 0 Å². The van der Waals surface area contributed by atoms with Gasteiger partial charge >= 0.3 is 5.97 Å². The van der Waals surface area contributed by atoms with Gasteiger partial charge in [0.05, 0.1) is 24.5 Å². The monoisotopic (exact) mass is 216 g/mol. The zero-order chi connectivity index (χ0) is 12.1. The normalized spacial score (nSPS) is 12.9. The van der Waals surface area contributed by atoms with Gasteiger partial charge in [0.15, 0.2) is 0 Å². The van der Waals surface area contributed by atoms with Crippen LogP contribution in [-0.2, 0) is 14.3 Å². The lowest BCUT2D eigenvalue weighted by atomic mass is 9.90. The summed E-state index contributed by atoms with van der Waals surface area (Å²) in [6.45, 7) is 8.83.